The second-order valence-electron chi connectivity index (χ2n) is 10.5. The van der Waals surface area contributed by atoms with Gasteiger partial charge in [0.2, 0.25) is 11.8 Å². The Morgan fingerprint density at radius 3 is 2.04 bits per heavy atom. The van der Waals surface area contributed by atoms with E-state index in [0.29, 0.717) is 30.3 Å². The van der Waals surface area contributed by atoms with Gasteiger partial charge in [0.25, 0.3) is 0 Å². The molecule has 0 aromatic heterocycles. The fourth-order valence-electron chi connectivity index (χ4n) is 5.14. The van der Waals surface area contributed by atoms with E-state index in [9.17, 15) is 9.59 Å². The first kappa shape index (κ1) is 21.6. The van der Waals surface area contributed by atoms with E-state index in [4.69, 9.17) is 0 Å². The third kappa shape index (κ3) is 6.20. The standard InChI is InChI=1S/C23H41N3O2/c1-23(2,3)17-21(27)26-15-11-20(12-16-26)25-13-9-18(10-14-25)22(28)24-19-7-5-4-6-8-19/h18-20H,4-17H2,1-3H3,(H,24,28). The van der Waals surface area contributed by atoms with E-state index in [1.807, 2.05) is 0 Å². The van der Waals surface area contributed by atoms with Crippen molar-refractivity contribution in [3.05, 3.63) is 0 Å². The van der Waals surface area contributed by atoms with Gasteiger partial charge in [0.05, 0.1) is 0 Å². The first-order valence-corrected chi connectivity index (χ1v) is 11.6. The number of nitrogens with one attached hydrogen (secondary N) is 1. The van der Waals surface area contributed by atoms with Crippen molar-refractivity contribution < 1.29 is 9.59 Å². The Hall–Kier alpha value is -1.10. The zero-order valence-electron chi connectivity index (χ0n) is 18.3. The van der Waals surface area contributed by atoms with E-state index in [-0.39, 0.29) is 11.3 Å². The second-order valence-corrected chi connectivity index (χ2v) is 10.5. The maximum absolute atomic E-state index is 12.6. The van der Waals surface area contributed by atoms with Crippen LogP contribution in [0.4, 0.5) is 0 Å². The maximum Gasteiger partial charge on any atom is 0.223 e. The number of amides is 2. The van der Waals surface area contributed by atoms with Crippen molar-refractivity contribution in [2.24, 2.45) is 11.3 Å². The lowest BCUT2D eigenvalue weighted by molar-refractivity contribution is -0.135. The second kappa shape index (κ2) is 9.60. The smallest absolute Gasteiger partial charge is 0.223 e. The molecule has 2 heterocycles. The summed E-state index contributed by atoms with van der Waals surface area (Å²) < 4.78 is 0. The number of rotatable bonds is 4. The number of carbonyl (C=O) groups is 2. The van der Waals surface area contributed by atoms with Crippen LogP contribution in [0.5, 0.6) is 0 Å². The van der Waals surface area contributed by atoms with E-state index < -0.39 is 0 Å². The molecule has 0 aromatic rings. The molecule has 1 aliphatic carbocycles. The number of piperidine rings is 2. The molecule has 3 fully saturated rings. The summed E-state index contributed by atoms with van der Waals surface area (Å²) in [4.78, 5) is 29.7. The molecule has 2 amide bonds. The van der Waals surface area contributed by atoms with Crippen molar-refractivity contribution in [3.63, 3.8) is 0 Å². The molecule has 2 saturated heterocycles. The summed E-state index contributed by atoms with van der Waals surface area (Å²) in [6.45, 7) is 10.2. The summed E-state index contributed by atoms with van der Waals surface area (Å²) in [5.74, 6) is 0.810. The van der Waals surface area contributed by atoms with Gasteiger partial charge in [0.1, 0.15) is 0 Å². The Balaban J connectivity index is 1.37. The topological polar surface area (TPSA) is 52.7 Å². The molecule has 5 nitrogen and oxygen atoms in total. The highest BCUT2D eigenvalue weighted by Gasteiger charge is 2.32. The molecular weight excluding hydrogens is 350 g/mol. The van der Waals surface area contributed by atoms with Gasteiger partial charge in [-0.25, -0.2) is 0 Å². The molecule has 3 aliphatic rings. The van der Waals surface area contributed by atoms with Crippen molar-refractivity contribution in [1.29, 1.82) is 0 Å². The zero-order chi connectivity index (χ0) is 20.1. The Morgan fingerprint density at radius 1 is 0.857 bits per heavy atom. The molecule has 0 radical (unpaired) electrons. The molecule has 0 atom stereocenters. The average molecular weight is 392 g/mol. The highest BCUT2D eigenvalue weighted by Crippen LogP contribution is 2.27. The van der Waals surface area contributed by atoms with Crippen LogP contribution >= 0.6 is 0 Å². The molecule has 160 valence electrons. The molecular formula is C23H41N3O2. The van der Waals surface area contributed by atoms with Gasteiger partial charge in [0, 0.05) is 37.5 Å². The Bertz CT molecular complexity index is 520. The summed E-state index contributed by atoms with van der Waals surface area (Å²) in [7, 11) is 0. The molecule has 5 heteroatoms. The quantitative estimate of drug-likeness (QED) is 0.797. The summed E-state index contributed by atoms with van der Waals surface area (Å²) in [6, 6.07) is 1.01. The van der Waals surface area contributed by atoms with Gasteiger partial charge < -0.3 is 15.1 Å². The van der Waals surface area contributed by atoms with Crippen LogP contribution in [0.3, 0.4) is 0 Å². The Morgan fingerprint density at radius 2 is 1.46 bits per heavy atom. The number of carbonyl (C=O) groups excluding carboxylic acids is 2. The monoisotopic (exact) mass is 391 g/mol. The third-order valence-corrected chi connectivity index (χ3v) is 6.87. The minimum Gasteiger partial charge on any atom is -0.353 e. The average Bonchev–Trinajstić information content (AvgIpc) is 2.68. The molecule has 1 N–H and O–H groups in total. The summed E-state index contributed by atoms with van der Waals surface area (Å²) in [5, 5.41) is 3.32. The number of likely N-dealkylation sites (tertiary alicyclic amines) is 2. The lowest BCUT2D eigenvalue weighted by Crippen LogP contribution is -2.51. The molecule has 0 spiro atoms. The number of hydrogen-bond donors (Lipinski definition) is 1. The molecule has 3 rings (SSSR count). The Labute approximate surface area is 171 Å². The van der Waals surface area contributed by atoms with Gasteiger partial charge >= 0.3 is 0 Å². The predicted molar refractivity (Wildman–Crippen MR) is 113 cm³/mol. The molecule has 1 saturated carbocycles. The van der Waals surface area contributed by atoms with E-state index in [1.54, 1.807) is 0 Å². The summed E-state index contributed by atoms with van der Waals surface area (Å²) in [5.41, 5.74) is 0.0635. The fourth-order valence-corrected chi connectivity index (χ4v) is 5.14. The highest BCUT2D eigenvalue weighted by atomic mass is 16.2. The van der Waals surface area contributed by atoms with Crippen LogP contribution in [-0.4, -0.2) is 59.9 Å². The number of hydrogen-bond acceptors (Lipinski definition) is 3. The van der Waals surface area contributed by atoms with Crippen molar-refractivity contribution in [1.82, 2.24) is 15.1 Å². The maximum atomic E-state index is 12.6. The minimum absolute atomic E-state index is 0.0635. The van der Waals surface area contributed by atoms with Crippen LogP contribution in [0.2, 0.25) is 0 Å². The molecule has 28 heavy (non-hydrogen) atoms. The van der Waals surface area contributed by atoms with Crippen LogP contribution in [0.25, 0.3) is 0 Å². The fraction of sp³-hybridized carbons (Fsp3) is 0.913. The van der Waals surface area contributed by atoms with Crippen LogP contribution < -0.4 is 5.32 Å². The lowest BCUT2D eigenvalue weighted by atomic mass is 9.90. The van der Waals surface area contributed by atoms with Crippen LogP contribution in [0.15, 0.2) is 0 Å². The van der Waals surface area contributed by atoms with Crippen LogP contribution in [-0.2, 0) is 9.59 Å². The third-order valence-electron chi connectivity index (χ3n) is 6.87. The van der Waals surface area contributed by atoms with Crippen molar-refractivity contribution >= 4 is 11.8 Å². The predicted octanol–water partition coefficient (Wildman–Crippen LogP) is 3.57. The zero-order valence-corrected chi connectivity index (χ0v) is 18.3. The van der Waals surface area contributed by atoms with Gasteiger partial charge in [-0.2, -0.15) is 0 Å². The summed E-state index contributed by atoms with van der Waals surface area (Å²) >= 11 is 0. The van der Waals surface area contributed by atoms with E-state index in [1.165, 1.54) is 19.3 Å². The first-order chi connectivity index (χ1) is 13.3. The first-order valence-electron chi connectivity index (χ1n) is 11.6. The number of nitrogens with zero attached hydrogens (tertiary/aromatic N) is 2. The molecule has 0 bridgehead atoms. The van der Waals surface area contributed by atoms with Crippen molar-refractivity contribution in [3.8, 4) is 0 Å². The SMILES string of the molecule is CC(C)(C)CC(=O)N1CCC(N2CCC(C(=O)NC3CCCCC3)CC2)CC1. The van der Waals surface area contributed by atoms with Crippen LogP contribution in [0, 0.1) is 11.3 Å². The van der Waals surface area contributed by atoms with Crippen molar-refractivity contribution in [2.45, 2.75) is 97.1 Å². The highest BCUT2D eigenvalue weighted by molar-refractivity contribution is 5.79. The van der Waals surface area contributed by atoms with Crippen molar-refractivity contribution in [2.75, 3.05) is 26.2 Å². The lowest BCUT2D eigenvalue weighted by Gasteiger charge is -2.42. The molecule has 2 aliphatic heterocycles. The molecule has 0 aromatic carbocycles. The normalized spacial score (nSPS) is 24.3. The van der Waals surface area contributed by atoms with Gasteiger partial charge in [-0.05, 0) is 57.0 Å². The van der Waals surface area contributed by atoms with Gasteiger partial charge in [-0.1, -0.05) is 40.0 Å². The minimum atomic E-state index is 0.0635. The van der Waals surface area contributed by atoms with Gasteiger partial charge in [-0.3, -0.25) is 9.59 Å². The van der Waals surface area contributed by atoms with Gasteiger partial charge in [-0.15, -0.1) is 0 Å². The van der Waals surface area contributed by atoms with Gasteiger partial charge in [0.15, 0.2) is 0 Å². The van der Waals surface area contributed by atoms with Crippen LogP contribution in [0.1, 0.15) is 85.0 Å². The largest absolute Gasteiger partial charge is 0.353 e. The summed E-state index contributed by atoms with van der Waals surface area (Å²) in [6.07, 6.45) is 11.0. The van der Waals surface area contributed by atoms with E-state index in [0.717, 1.165) is 64.7 Å². The van der Waals surface area contributed by atoms with E-state index in [2.05, 4.69) is 35.9 Å². The van der Waals surface area contributed by atoms with E-state index >= 15 is 0 Å². The molecule has 0 unspecified atom stereocenters. The Kier molecular flexibility index (Phi) is 7.41.